The van der Waals surface area contributed by atoms with Gasteiger partial charge in [-0.25, -0.2) is 4.99 Å². The fourth-order valence-corrected chi connectivity index (χ4v) is 3.08. The second-order valence-electron chi connectivity index (χ2n) is 7.48. The largest absolute Gasteiger partial charge is 0.493 e. The topological polar surface area (TPSA) is 65.9 Å². The van der Waals surface area contributed by atoms with Gasteiger partial charge < -0.3 is 20.5 Å². The van der Waals surface area contributed by atoms with E-state index in [2.05, 4.69) is 37.5 Å². The van der Waals surface area contributed by atoms with Gasteiger partial charge in [0.15, 0.2) is 5.96 Å². The van der Waals surface area contributed by atoms with Gasteiger partial charge in [-0.15, -0.1) is 24.0 Å². The van der Waals surface area contributed by atoms with Crippen LogP contribution in [0.5, 0.6) is 5.75 Å². The van der Waals surface area contributed by atoms with Gasteiger partial charge in [0, 0.05) is 18.2 Å². The zero-order chi connectivity index (χ0) is 18.8. The van der Waals surface area contributed by atoms with Crippen molar-refractivity contribution in [3.63, 3.8) is 0 Å². The molecule has 1 aromatic rings. The zero-order valence-electron chi connectivity index (χ0n) is 16.9. The second kappa shape index (κ2) is 13.2. The van der Waals surface area contributed by atoms with E-state index < -0.39 is 0 Å². The van der Waals surface area contributed by atoms with Gasteiger partial charge >= 0.3 is 0 Å². The molecule has 0 saturated heterocycles. The van der Waals surface area contributed by atoms with Gasteiger partial charge in [0.25, 0.3) is 0 Å². The first-order chi connectivity index (χ1) is 12.6. The molecular formula is C21H36IN3O2. The highest BCUT2D eigenvalue weighted by atomic mass is 127. The van der Waals surface area contributed by atoms with E-state index in [1.807, 2.05) is 18.2 Å². The van der Waals surface area contributed by atoms with Crippen LogP contribution in [0, 0.1) is 5.92 Å². The van der Waals surface area contributed by atoms with Crippen molar-refractivity contribution < 1.29 is 9.84 Å². The maximum atomic E-state index is 9.66. The van der Waals surface area contributed by atoms with Crippen molar-refractivity contribution in [2.45, 2.75) is 71.6 Å². The van der Waals surface area contributed by atoms with E-state index in [4.69, 9.17) is 9.73 Å². The summed E-state index contributed by atoms with van der Waals surface area (Å²) in [5.74, 6) is 2.40. The Balaban J connectivity index is 0.00000364. The molecule has 6 heteroatoms. The van der Waals surface area contributed by atoms with Crippen LogP contribution in [0.4, 0.5) is 0 Å². The lowest BCUT2D eigenvalue weighted by Crippen LogP contribution is -2.45. The first kappa shape index (κ1) is 24.0. The number of aliphatic hydroxyl groups excluding tert-OH is 1. The monoisotopic (exact) mass is 489 g/mol. The summed E-state index contributed by atoms with van der Waals surface area (Å²) in [6, 6.07) is 8.52. The molecule has 2 rings (SSSR count). The average Bonchev–Trinajstić information content (AvgIpc) is 2.62. The third-order valence-electron chi connectivity index (χ3n) is 4.71. The van der Waals surface area contributed by atoms with Crippen molar-refractivity contribution in [1.82, 2.24) is 10.6 Å². The van der Waals surface area contributed by atoms with Crippen molar-refractivity contribution >= 4 is 29.9 Å². The maximum absolute atomic E-state index is 9.66. The Morgan fingerprint density at radius 1 is 1.22 bits per heavy atom. The van der Waals surface area contributed by atoms with Crippen molar-refractivity contribution in [2.24, 2.45) is 10.9 Å². The van der Waals surface area contributed by atoms with Gasteiger partial charge in [0.2, 0.25) is 0 Å². The molecule has 0 spiro atoms. The van der Waals surface area contributed by atoms with Crippen LogP contribution in [0.2, 0.25) is 0 Å². The fourth-order valence-electron chi connectivity index (χ4n) is 3.08. The molecule has 154 valence electrons. The van der Waals surface area contributed by atoms with Crippen LogP contribution < -0.4 is 15.4 Å². The van der Waals surface area contributed by atoms with Crippen LogP contribution in [0.3, 0.4) is 0 Å². The lowest BCUT2D eigenvalue weighted by Gasteiger charge is -2.27. The highest BCUT2D eigenvalue weighted by Crippen LogP contribution is 2.20. The molecule has 0 amide bonds. The lowest BCUT2D eigenvalue weighted by atomic mass is 9.93. The molecule has 1 fully saturated rings. The number of halogens is 1. The Kier molecular flexibility index (Phi) is 11.7. The van der Waals surface area contributed by atoms with E-state index in [0.29, 0.717) is 18.5 Å². The van der Waals surface area contributed by atoms with Gasteiger partial charge in [-0.2, -0.15) is 0 Å². The molecule has 27 heavy (non-hydrogen) atoms. The number of guanidine groups is 1. The number of para-hydroxylation sites is 1. The molecule has 0 atom stereocenters. The number of hydrogen-bond acceptors (Lipinski definition) is 3. The summed E-state index contributed by atoms with van der Waals surface area (Å²) in [7, 11) is 0. The number of nitrogens with one attached hydrogen (secondary N) is 2. The van der Waals surface area contributed by atoms with Crippen LogP contribution >= 0.6 is 24.0 Å². The SMILES string of the molecule is CCNC(=NCc1ccccc1OCCC(C)C)NC1CCC(O)CC1.I. The van der Waals surface area contributed by atoms with E-state index in [1.165, 1.54) is 0 Å². The zero-order valence-corrected chi connectivity index (χ0v) is 19.2. The summed E-state index contributed by atoms with van der Waals surface area (Å²) in [5.41, 5.74) is 1.10. The van der Waals surface area contributed by atoms with Gasteiger partial charge in [-0.1, -0.05) is 32.0 Å². The predicted octanol–water partition coefficient (Wildman–Crippen LogP) is 4.09. The van der Waals surface area contributed by atoms with E-state index >= 15 is 0 Å². The van der Waals surface area contributed by atoms with Crippen LogP contribution in [0.25, 0.3) is 0 Å². The van der Waals surface area contributed by atoms with Gasteiger partial charge in [-0.3, -0.25) is 0 Å². The number of ether oxygens (including phenoxy) is 1. The Labute approximate surface area is 181 Å². The fraction of sp³-hybridized carbons (Fsp3) is 0.667. The smallest absolute Gasteiger partial charge is 0.191 e. The van der Waals surface area contributed by atoms with E-state index in [1.54, 1.807) is 0 Å². The van der Waals surface area contributed by atoms with Crippen LogP contribution in [0.15, 0.2) is 29.3 Å². The molecule has 1 saturated carbocycles. The number of benzene rings is 1. The summed E-state index contributed by atoms with van der Waals surface area (Å²) in [5, 5.41) is 16.5. The molecule has 0 aliphatic heterocycles. The van der Waals surface area contributed by atoms with Crippen LogP contribution in [0.1, 0.15) is 58.4 Å². The second-order valence-corrected chi connectivity index (χ2v) is 7.48. The molecule has 0 radical (unpaired) electrons. The van der Waals surface area contributed by atoms with Crippen molar-refractivity contribution in [3.05, 3.63) is 29.8 Å². The Hall–Kier alpha value is -1.02. The van der Waals surface area contributed by atoms with Crippen molar-refractivity contribution in [2.75, 3.05) is 13.2 Å². The molecular weight excluding hydrogens is 453 g/mol. The van der Waals surface area contributed by atoms with Crippen LogP contribution in [-0.2, 0) is 6.54 Å². The minimum atomic E-state index is -0.137. The highest BCUT2D eigenvalue weighted by Gasteiger charge is 2.20. The molecule has 0 bridgehead atoms. The number of rotatable bonds is 8. The van der Waals surface area contributed by atoms with Crippen LogP contribution in [-0.4, -0.2) is 36.4 Å². The number of hydrogen-bond donors (Lipinski definition) is 3. The minimum absolute atomic E-state index is 0. The number of aliphatic imine (C=N–C) groups is 1. The minimum Gasteiger partial charge on any atom is -0.493 e. The highest BCUT2D eigenvalue weighted by molar-refractivity contribution is 14.0. The quantitative estimate of drug-likeness (QED) is 0.293. The Morgan fingerprint density at radius 3 is 2.59 bits per heavy atom. The third-order valence-corrected chi connectivity index (χ3v) is 4.71. The van der Waals surface area contributed by atoms with Crippen molar-refractivity contribution in [3.8, 4) is 5.75 Å². The molecule has 3 N–H and O–H groups in total. The molecule has 0 unspecified atom stereocenters. The third kappa shape index (κ3) is 9.14. The van der Waals surface area contributed by atoms with E-state index in [0.717, 1.165) is 62.5 Å². The predicted molar refractivity (Wildman–Crippen MR) is 123 cm³/mol. The summed E-state index contributed by atoms with van der Waals surface area (Å²) in [6.07, 6.45) is 4.62. The normalized spacial score (nSPS) is 20.1. The molecule has 0 aromatic heterocycles. The molecule has 1 aliphatic carbocycles. The molecule has 1 aromatic carbocycles. The summed E-state index contributed by atoms with van der Waals surface area (Å²) in [6.45, 7) is 8.64. The molecule has 5 nitrogen and oxygen atoms in total. The standard InChI is InChI=1S/C21H35N3O2.HI/c1-4-22-21(24-18-9-11-19(25)12-10-18)23-15-17-7-5-6-8-20(17)26-14-13-16(2)3;/h5-8,16,18-19,25H,4,9-15H2,1-3H3,(H2,22,23,24);1H. The van der Waals surface area contributed by atoms with E-state index in [9.17, 15) is 5.11 Å². The summed E-state index contributed by atoms with van der Waals surface area (Å²) < 4.78 is 5.96. The first-order valence-corrected chi connectivity index (χ1v) is 10.0. The Morgan fingerprint density at radius 2 is 1.93 bits per heavy atom. The van der Waals surface area contributed by atoms with Gasteiger partial charge in [0.05, 0.1) is 19.3 Å². The number of nitrogens with zero attached hydrogens (tertiary/aromatic N) is 1. The first-order valence-electron chi connectivity index (χ1n) is 10.0. The molecule has 1 aliphatic rings. The average molecular weight is 489 g/mol. The summed E-state index contributed by atoms with van der Waals surface area (Å²) in [4.78, 5) is 4.75. The summed E-state index contributed by atoms with van der Waals surface area (Å²) >= 11 is 0. The lowest BCUT2D eigenvalue weighted by molar-refractivity contribution is 0.120. The van der Waals surface area contributed by atoms with Gasteiger partial charge in [-0.05, 0) is 51.0 Å². The Bertz CT molecular complexity index is 558. The van der Waals surface area contributed by atoms with Crippen molar-refractivity contribution in [1.29, 1.82) is 0 Å². The number of aliphatic hydroxyl groups is 1. The van der Waals surface area contributed by atoms with E-state index in [-0.39, 0.29) is 30.1 Å². The van der Waals surface area contributed by atoms with Gasteiger partial charge in [0.1, 0.15) is 5.75 Å². The molecule has 0 heterocycles. The maximum Gasteiger partial charge on any atom is 0.191 e.